The summed E-state index contributed by atoms with van der Waals surface area (Å²) in [5.74, 6) is 1.50. The molecule has 2 aromatic carbocycles. The van der Waals surface area contributed by atoms with Crippen LogP contribution in [0.5, 0.6) is 5.75 Å². The third kappa shape index (κ3) is 7.33. The lowest BCUT2D eigenvalue weighted by Crippen LogP contribution is -2.37. The van der Waals surface area contributed by atoms with Crippen LogP contribution in [0.3, 0.4) is 0 Å². The number of nitrogens with zero attached hydrogens (tertiary/aromatic N) is 1. The minimum atomic E-state index is -3.57. The van der Waals surface area contributed by atoms with Gasteiger partial charge in [-0.2, -0.15) is 0 Å². The van der Waals surface area contributed by atoms with Gasteiger partial charge in [0.2, 0.25) is 10.0 Å². The van der Waals surface area contributed by atoms with Crippen molar-refractivity contribution in [3.63, 3.8) is 0 Å². The van der Waals surface area contributed by atoms with Gasteiger partial charge in [0.25, 0.3) is 0 Å². The fourth-order valence-electron chi connectivity index (χ4n) is 2.82. The number of sulfonamides is 1. The number of aliphatic imine (C=N–C) groups is 1. The number of hydrogen-bond acceptors (Lipinski definition) is 5. The monoisotopic (exact) mass is 434 g/mol. The van der Waals surface area contributed by atoms with E-state index in [0.717, 1.165) is 23.3 Å². The second-order valence-electron chi connectivity index (χ2n) is 6.45. The van der Waals surface area contributed by atoms with Crippen molar-refractivity contribution in [2.75, 3.05) is 41.0 Å². The molecule has 2 rings (SSSR count). The van der Waals surface area contributed by atoms with Gasteiger partial charge in [0, 0.05) is 33.8 Å². The zero-order valence-corrected chi connectivity index (χ0v) is 18.5. The smallest absolute Gasteiger partial charge is 0.240 e. The van der Waals surface area contributed by atoms with Crippen molar-refractivity contribution in [2.24, 2.45) is 4.99 Å². The first kappa shape index (κ1) is 23.7. The van der Waals surface area contributed by atoms with Crippen LogP contribution in [0.2, 0.25) is 0 Å². The number of hydrogen-bond donors (Lipinski definition) is 3. The molecule has 0 amide bonds. The Hall–Kier alpha value is -2.62. The summed E-state index contributed by atoms with van der Waals surface area (Å²) < 4.78 is 37.5. The summed E-state index contributed by atoms with van der Waals surface area (Å²) >= 11 is 0. The van der Waals surface area contributed by atoms with E-state index in [2.05, 4.69) is 20.3 Å². The third-order valence-corrected chi connectivity index (χ3v) is 5.83. The molecule has 0 spiro atoms. The third-order valence-electron chi connectivity index (χ3n) is 4.37. The quantitative estimate of drug-likeness (QED) is 0.282. The van der Waals surface area contributed by atoms with E-state index in [1.165, 1.54) is 7.11 Å². The van der Waals surface area contributed by atoms with E-state index in [1.54, 1.807) is 32.4 Å². The van der Waals surface area contributed by atoms with E-state index in [1.807, 2.05) is 30.3 Å². The van der Waals surface area contributed by atoms with Gasteiger partial charge in [0.05, 0.1) is 18.6 Å². The average molecular weight is 435 g/mol. The number of benzene rings is 2. The summed E-state index contributed by atoms with van der Waals surface area (Å²) in [5.41, 5.74) is 1.94. The van der Waals surface area contributed by atoms with Crippen LogP contribution in [0.1, 0.15) is 11.1 Å². The second-order valence-corrected chi connectivity index (χ2v) is 8.22. The van der Waals surface area contributed by atoms with E-state index in [-0.39, 0.29) is 11.4 Å². The highest BCUT2D eigenvalue weighted by atomic mass is 32.2. The molecule has 0 aromatic heterocycles. The minimum absolute atomic E-state index is 0.219. The zero-order valence-electron chi connectivity index (χ0n) is 17.6. The number of ether oxygens (including phenoxy) is 2. The molecule has 0 unspecified atom stereocenters. The van der Waals surface area contributed by atoms with Crippen molar-refractivity contribution in [3.05, 3.63) is 59.7 Å². The average Bonchev–Trinajstić information content (AvgIpc) is 2.76. The Bertz CT molecular complexity index is 932. The molecule has 2 aromatic rings. The molecule has 3 N–H and O–H groups in total. The van der Waals surface area contributed by atoms with Gasteiger partial charge in [-0.05, 0) is 35.7 Å². The molecule has 0 aliphatic heterocycles. The predicted octanol–water partition coefficient (Wildman–Crippen LogP) is 1.53. The molecule has 0 saturated carbocycles. The predicted molar refractivity (Wildman–Crippen MR) is 118 cm³/mol. The largest absolute Gasteiger partial charge is 0.496 e. The first-order valence-corrected chi connectivity index (χ1v) is 11.1. The first-order chi connectivity index (χ1) is 14.5. The van der Waals surface area contributed by atoms with Crippen LogP contribution in [-0.4, -0.2) is 55.3 Å². The zero-order chi connectivity index (χ0) is 21.8. The van der Waals surface area contributed by atoms with E-state index >= 15 is 0 Å². The topological polar surface area (TPSA) is 101 Å². The van der Waals surface area contributed by atoms with Crippen LogP contribution in [0, 0.1) is 0 Å². The van der Waals surface area contributed by atoms with Crippen molar-refractivity contribution >= 4 is 16.0 Å². The minimum Gasteiger partial charge on any atom is -0.496 e. The van der Waals surface area contributed by atoms with Gasteiger partial charge < -0.3 is 20.1 Å². The normalized spacial score (nSPS) is 11.9. The summed E-state index contributed by atoms with van der Waals surface area (Å²) in [7, 11) is 1.31. The Morgan fingerprint density at radius 1 is 1.03 bits per heavy atom. The van der Waals surface area contributed by atoms with Gasteiger partial charge in [0.15, 0.2) is 5.96 Å². The Morgan fingerprint density at radius 2 is 1.83 bits per heavy atom. The molecule has 30 heavy (non-hydrogen) atoms. The van der Waals surface area contributed by atoms with Gasteiger partial charge in [0.1, 0.15) is 5.75 Å². The van der Waals surface area contributed by atoms with Gasteiger partial charge in [-0.15, -0.1) is 0 Å². The molecule has 9 heteroatoms. The number of guanidine groups is 1. The summed E-state index contributed by atoms with van der Waals surface area (Å²) in [4.78, 5) is 4.44. The van der Waals surface area contributed by atoms with Crippen LogP contribution < -0.4 is 20.1 Å². The maximum absolute atomic E-state index is 12.3. The van der Waals surface area contributed by atoms with Gasteiger partial charge in [-0.1, -0.05) is 30.3 Å². The molecule has 0 saturated heterocycles. The second kappa shape index (κ2) is 12.2. The lowest BCUT2D eigenvalue weighted by atomic mass is 10.1. The first-order valence-electron chi connectivity index (χ1n) is 9.64. The lowest BCUT2D eigenvalue weighted by Gasteiger charge is -2.14. The Morgan fingerprint density at radius 3 is 2.57 bits per heavy atom. The Balaban J connectivity index is 1.89. The maximum Gasteiger partial charge on any atom is 0.240 e. The fraction of sp³-hybridized carbons (Fsp3) is 0.381. The molecule has 164 valence electrons. The van der Waals surface area contributed by atoms with Crippen LogP contribution in [-0.2, 0) is 27.7 Å². The molecule has 0 aliphatic carbocycles. The van der Waals surface area contributed by atoms with E-state index in [0.29, 0.717) is 25.7 Å². The van der Waals surface area contributed by atoms with E-state index in [4.69, 9.17) is 9.47 Å². The summed E-state index contributed by atoms with van der Waals surface area (Å²) in [6.07, 6.45) is 0.783. The molecule has 0 radical (unpaired) electrons. The molecule has 8 nitrogen and oxygen atoms in total. The highest BCUT2D eigenvalue weighted by Gasteiger charge is 2.13. The lowest BCUT2D eigenvalue weighted by molar-refractivity contribution is 0.204. The molecule has 0 atom stereocenters. The Kier molecular flexibility index (Phi) is 9.59. The van der Waals surface area contributed by atoms with Crippen molar-refractivity contribution in [2.45, 2.75) is 17.9 Å². The molecular formula is C21H30N4O4S. The standard InChI is InChI=1S/C21H30N4O4S/c1-22-21(23-12-11-18-8-4-5-10-20(18)29-3)24-16-17-7-6-9-19(15-17)30(26,27)25-13-14-28-2/h4-10,15,25H,11-14,16H2,1-3H3,(H2,22,23,24). The maximum atomic E-state index is 12.3. The van der Waals surface area contributed by atoms with Gasteiger partial charge >= 0.3 is 0 Å². The SMILES string of the molecule is CN=C(NCCc1ccccc1OC)NCc1cccc(S(=O)(=O)NCCOC)c1. The van der Waals surface area contributed by atoms with Crippen LogP contribution >= 0.6 is 0 Å². The fourth-order valence-corrected chi connectivity index (χ4v) is 3.90. The van der Waals surface area contributed by atoms with Gasteiger partial charge in [-0.3, -0.25) is 4.99 Å². The van der Waals surface area contributed by atoms with Crippen LogP contribution in [0.25, 0.3) is 0 Å². The van der Waals surface area contributed by atoms with E-state index < -0.39 is 10.0 Å². The molecule has 0 fully saturated rings. The highest BCUT2D eigenvalue weighted by molar-refractivity contribution is 7.89. The van der Waals surface area contributed by atoms with E-state index in [9.17, 15) is 8.42 Å². The van der Waals surface area contributed by atoms with Gasteiger partial charge in [-0.25, -0.2) is 13.1 Å². The summed E-state index contributed by atoms with van der Waals surface area (Å²) in [6.45, 7) is 1.66. The molecule has 0 bridgehead atoms. The summed E-state index contributed by atoms with van der Waals surface area (Å²) in [5, 5.41) is 6.46. The number of methoxy groups -OCH3 is 2. The van der Waals surface area contributed by atoms with Crippen LogP contribution in [0.4, 0.5) is 0 Å². The highest BCUT2D eigenvalue weighted by Crippen LogP contribution is 2.17. The Labute approximate surface area is 178 Å². The van der Waals surface area contributed by atoms with Crippen molar-refractivity contribution in [1.82, 2.24) is 15.4 Å². The number of para-hydroxylation sites is 1. The molecule has 0 aliphatic rings. The summed E-state index contributed by atoms with van der Waals surface area (Å²) in [6, 6.07) is 14.7. The van der Waals surface area contributed by atoms with Crippen molar-refractivity contribution in [1.29, 1.82) is 0 Å². The van der Waals surface area contributed by atoms with Crippen LogP contribution in [0.15, 0.2) is 58.4 Å². The van der Waals surface area contributed by atoms with Crippen molar-refractivity contribution < 1.29 is 17.9 Å². The number of rotatable bonds is 11. The van der Waals surface area contributed by atoms with Crippen molar-refractivity contribution in [3.8, 4) is 5.75 Å². The molecule has 0 heterocycles. The number of nitrogens with one attached hydrogen (secondary N) is 3. The molecular weight excluding hydrogens is 404 g/mol.